The summed E-state index contributed by atoms with van der Waals surface area (Å²) in [6.07, 6.45) is 2.24. The van der Waals surface area contributed by atoms with Gasteiger partial charge in [0.15, 0.2) is 12.1 Å². The van der Waals surface area contributed by atoms with Gasteiger partial charge in [-0.3, -0.25) is 9.59 Å². The zero-order valence-electron chi connectivity index (χ0n) is 17.9. The van der Waals surface area contributed by atoms with Crippen molar-refractivity contribution in [2.45, 2.75) is 70.9 Å². The molecule has 1 spiro atoms. The number of aliphatic hydroxyl groups is 1. The van der Waals surface area contributed by atoms with Gasteiger partial charge in [0.25, 0.3) is 0 Å². The van der Waals surface area contributed by atoms with E-state index in [4.69, 9.17) is 18.9 Å². The lowest BCUT2D eigenvalue weighted by Crippen LogP contribution is -2.62. The molecule has 1 unspecified atom stereocenters. The maximum Gasteiger partial charge on any atom is 0.320 e. The minimum absolute atomic E-state index is 0.0336. The van der Waals surface area contributed by atoms with Gasteiger partial charge in [-0.15, -0.1) is 0 Å². The molecule has 0 aromatic rings. The number of hydrogen-bond donors (Lipinski definition) is 1. The Labute approximate surface area is 172 Å². The van der Waals surface area contributed by atoms with Crippen molar-refractivity contribution in [3.63, 3.8) is 0 Å². The number of hydrogen-bond acceptors (Lipinski definition) is 7. The van der Waals surface area contributed by atoms with Crippen molar-refractivity contribution in [1.82, 2.24) is 0 Å². The maximum absolute atomic E-state index is 14.0. The molecule has 7 nitrogen and oxygen atoms in total. The average Bonchev–Trinajstić information content (AvgIpc) is 3.32. The van der Waals surface area contributed by atoms with E-state index in [-0.39, 0.29) is 42.0 Å². The second-order valence-corrected chi connectivity index (χ2v) is 10.1. The Balaban J connectivity index is 1.76. The molecule has 2 aliphatic heterocycles. The number of Topliss-reactive ketones (excluding diaryl/α,β-unsaturated/α-hetero) is 1. The van der Waals surface area contributed by atoms with Crippen LogP contribution in [0.3, 0.4) is 0 Å². The second-order valence-electron chi connectivity index (χ2n) is 10.1. The summed E-state index contributed by atoms with van der Waals surface area (Å²) in [6.45, 7) is 7.05. The zero-order valence-corrected chi connectivity index (χ0v) is 17.9. The van der Waals surface area contributed by atoms with Gasteiger partial charge in [-0.2, -0.15) is 0 Å². The van der Waals surface area contributed by atoms with Crippen LogP contribution in [0.25, 0.3) is 0 Å². The molecule has 7 heteroatoms. The molecule has 2 bridgehead atoms. The van der Waals surface area contributed by atoms with Crippen molar-refractivity contribution in [2.24, 2.45) is 28.6 Å². The molecule has 0 amide bonds. The Morgan fingerprint density at radius 1 is 1.21 bits per heavy atom. The summed E-state index contributed by atoms with van der Waals surface area (Å²) >= 11 is 0. The normalized spacial score (nSPS) is 43.2. The molecule has 0 aromatic heterocycles. The van der Waals surface area contributed by atoms with E-state index in [0.29, 0.717) is 19.6 Å². The highest BCUT2D eigenvalue weighted by Gasteiger charge is 2.70. The van der Waals surface area contributed by atoms with Crippen LogP contribution < -0.4 is 0 Å². The van der Waals surface area contributed by atoms with E-state index in [0.717, 1.165) is 19.3 Å². The monoisotopic (exact) mass is 410 g/mol. The molecular weight excluding hydrogens is 376 g/mol. The van der Waals surface area contributed by atoms with Crippen molar-refractivity contribution < 1.29 is 33.6 Å². The first kappa shape index (κ1) is 21.2. The fraction of sp³-hybridized carbons (Fsp3) is 0.909. The second kappa shape index (κ2) is 7.29. The molecule has 2 aliphatic carbocycles. The third-order valence-electron chi connectivity index (χ3n) is 8.34. The van der Waals surface area contributed by atoms with E-state index in [1.165, 1.54) is 0 Å². The van der Waals surface area contributed by atoms with Gasteiger partial charge in [-0.05, 0) is 50.4 Å². The van der Waals surface area contributed by atoms with Crippen LogP contribution in [0.4, 0.5) is 0 Å². The van der Waals surface area contributed by atoms with Gasteiger partial charge in [-0.1, -0.05) is 6.92 Å². The van der Waals surface area contributed by atoms with Crippen LogP contribution in [-0.2, 0) is 28.5 Å². The Hall–Kier alpha value is -1.02. The highest BCUT2D eigenvalue weighted by molar-refractivity contribution is 6.07. The van der Waals surface area contributed by atoms with E-state index < -0.39 is 29.4 Å². The molecule has 6 atom stereocenters. The summed E-state index contributed by atoms with van der Waals surface area (Å²) in [4.78, 5) is 27.3. The van der Waals surface area contributed by atoms with Crippen molar-refractivity contribution in [3.05, 3.63) is 0 Å². The number of carbonyl (C=O) groups excluding carboxylic acids is 2. The third kappa shape index (κ3) is 3.16. The lowest BCUT2D eigenvalue weighted by Gasteiger charge is -2.58. The van der Waals surface area contributed by atoms with Crippen LogP contribution in [0.2, 0.25) is 0 Å². The van der Waals surface area contributed by atoms with Gasteiger partial charge in [0, 0.05) is 25.9 Å². The van der Waals surface area contributed by atoms with Crippen molar-refractivity contribution >= 4 is 11.8 Å². The molecule has 2 saturated carbocycles. The van der Waals surface area contributed by atoms with Gasteiger partial charge in [-0.25, -0.2) is 0 Å². The third-order valence-corrected chi connectivity index (χ3v) is 8.34. The van der Waals surface area contributed by atoms with E-state index in [1.807, 2.05) is 13.8 Å². The zero-order chi connectivity index (χ0) is 21.0. The number of ether oxygens (including phenoxy) is 4. The molecule has 1 N–H and O–H groups in total. The largest absolute Gasteiger partial charge is 0.459 e. The first-order valence-corrected chi connectivity index (χ1v) is 10.8. The van der Waals surface area contributed by atoms with Gasteiger partial charge in [0.05, 0.1) is 25.4 Å². The first-order valence-electron chi connectivity index (χ1n) is 10.8. The summed E-state index contributed by atoms with van der Waals surface area (Å²) in [6, 6.07) is 0. The molecule has 0 radical (unpaired) electrons. The molecule has 0 aromatic carbocycles. The highest BCUT2D eigenvalue weighted by Crippen LogP contribution is 2.64. The topological polar surface area (TPSA) is 91.3 Å². The predicted molar refractivity (Wildman–Crippen MR) is 103 cm³/mol. The maximum atomic E-state index is 14.0. The predicted octanol–water partition coefficient (Wildman–Crippen LogP) is 2.09. The summed E-state index contributed by atoms with van der Waals surface area (Å²) in [5, 5.41) is 9.68. The number of methoxy groups -OCH3 is 1. The molecular formula is C22H34O7. The van der Waals surface area contributed by atoms with Gasteiger partial charge in [0.1, 0.15) is 11.5 Å². The van der Waals surface area contributed by atoms with Gasteiger partial charge >= 0.3 is 5.97 Å². The van der Waals surface area contributed by atoms with Gasteiger partial charge < -0.3 is 24.1 Å². The minimum atomic E-state index is -1.23. The number of esters is 1. The van der Waals surface area contributed by atoms with Crippen LogP contribution in [0.15, 0.2) is 0 Å². The summed E-state index contributed by atoms with van der Waals surface area (Å²) in [5.41, 5.74) is -1.88. The first-order chi connectivity index (χ1) is 13.7. The molecule has 4 aliphatic rings. The van der Waals surface area contributed by atoms with Crippen LogP contribution >= 0.6 is 0 Å². The lowest BCUT2D eigenvalue weighted by molar-refractivity contribution is -0.188. The summed E-state index contributed by atoms with van der Waals surface area (Å²) in [5.74, 6) is -0.941. The molecule has 2 saturated heterocycles. The molecule has 4 fully saturated rings. The number of cyclic esters (lactones) is 1. The molecule has 4 rings (SSSR count). The van der Waals surface area contributed by atoms with E-state index in [9.17, 15) is 14.7 Å². The van der Waals surface area contributed by atoms with Crippen LogP contribution in [0.5, 0.6) is 0 Å². The summed E-state index contributed by atoms with van der Waals surface area (Å²) in [7, 11) is 1.68. The Kier molecular flexibility index (Phi) is 5.33. The SMILES string of the molecule is COC(C)(C)[C@@H]1CC[C@@]2(C)C[C@@H]1C(=O)[C@]1(CC(CO)OC1=O)[C@@H]2CC1OCCO1. The fourth-order valence-electron chi connectivity index (χ4n) is 6.66. The van der Waals surface area contributed by atoms with E-state index >= 15 is 0 Å². The number of ketones is 1. The average molecular weight is 411 g/mol. The lowest BCUT2D eigenvalue weighted by atomic mass is 9.44. The Morgan fingerprint density at radius 2 is 1.90 bits per heavy atom. The Morgan fingerprint density at radius 3 is 2.48 bits per heavy atom. The van der Waals surface area contributed by atoms with Gasteiger partial charge in [0.2, 0.25) is 0 Å². The molecule has 2 heterocycles. The van der Waals surface area contributed by atoms with Crippen molar-refractivity contribution in [2.75, 3.05) is 26.9 Å². The summed E-state index contributed by atoms with van der Waals surface area (Å²) < 4.78 is 22.7. The number of aliphatic hydroxyl groups excluding tert-OH is 1. The van der Waals surface area contributed by atoms with Crippen LogP contribution in [0.1, 0.15) is 52.9 Å². The van der Waals surface area contributed by atoms with Crippen molar-refractivity contribution in [3.8, 4) is 0 Å². The van der Waals surface area contributed by atoms with E-state index in [1.54, 1.807) is 7.11 Å². The quantitative estimate of drug-likeness (QED) is 0.548. The molecule has 164 valence electrons. The van der Waals surface area contributed by atoms with Crippen LogP contribution in [0, 0.1) is 28.6 Å². The molecule has 29 heavy (non-hydrogen) atoms. The number of carbonyl (C=O) groups is 2. The van der Waals surface area contributed by atoms with E-state index in [2.05, 4.69) is 6.92 Å². The number of fused-ring (bicyclic) bond motifs is 2. The van der Waals surface area contributed by atoms with Crippen LogP contribution in [-0.4, -0.2) is 61.8 Å². The standard InChI is InChI=1S/C22H34O7/c1-20(2,26-4)15-5-6-21(3)11-14(15)18(24)22(10-13(12-23)29-19(22)25)16(21)9-17-27-7-8-28-17/h13-17,23H,5-12H2,1-4H3/t13?,14-,15+,16+,21-,22-/m0/s1. The Bertz CT molecular complexity index is 670. The smallest absolute Gasteiger partial charge is 0.320 e. The number of rotatable bonds is 5. The highest BCUT2D eigenvalue weighted by atomic mass is 16.7. The minimum Gasteiger partial charge on any atom is -0.459 e. The van der Waals surface area contributed by atoms with Crippen molar-refractivity contribution in [1.29, 1.82) is 0 Å². The fourth-order valence-corrected chi connectivity index (χ4v) is 6.66.